The molecule has 0 saturated carbocycles. The third-order valence-corrected chi connectivity index (χ3v) is 3.95. The van der Waals surface area contributed by atoms with Crippen molar-refractivity contribution >= 4 is 17.6 Å². The first-order valence-corrected chi connectivity index (χ1v) is 8.12. The van der Waals surface area contributed by atoms with Crippen LogP contribution in [0.3, 0.4) is 0 Å². The van der Waals surface area contributed by atoms with E-state index in [9.17, 15) is 9.59 Å². The second-order valence-electron chi connectivity index (χ2n) is 6.06. The highest BCUT2D eigenvalue weighted by Crippen LogP contribution is 2.23. The molecule has 0 bridgehead atoms. The van der Waals surface area contributed by atoms with Crippen LogP contribution in [0.4, 0.5) is 5.69 Å². The first-order chi connectivity index (χ1) is 11.9. The summed E-state index contributed by atoms with van der Waals surface area (Å²) in [4.78, 5) is 25.0. The molecule has 0 atom stereocenters. The number of hydrogen-bond acceptors (Lipinski definition) is 4. The zero-order valence-corrected chi connectivity index (χ0v) is 14.8. The Hall–Kier alpha value is -2.82. The molecule has 0 aromatic heterocycles. The number of hydrogen-bond donors (Lipinski definition) is 1. The summed E-state index contributed by atoms with van der Waals surface area (Å²) in [7, 11) is 1.35. The summed E-state index contributed by atoms with van der Waals surface area (Å²) in [6.07, 6.45) is 0.0212. The number of rotatable bonds is 7. The molecule has 0 saturated heterocycles. The molecule has 0 aliphatic rings. The molecule has 132 valence electrons. The van der Waals surface area contributed by atoms with Crippen LogP contribution < -0.4 is 4.90 Å². The first-order valence-electron chi connectivity index (χ1n) is 8.12. The minimum Gasteiger partial charge on any atom is -0.481 e. The highest BCUT2D eigenvalue weighted by molar-refractivity contribution is 5.91. The Kier molecular flexibility index (Phi) is 6.17. The van der Waals surface area contributed by atoms with Crippen molar-refractivity contribution in [2.75, 3.05) is 18.6 Å². The topological polar surface area (TPSA) is 66.8 Å². The number of ether oxygens (including phenoxy) is 1. The summed E-state index contributed by atoms with van der Waals surface area (Å²) in [6, 6.07) is 13.3. The molecule has 0 aliphatic carbocycles. The zero-order valence-electron chi connectivity index (χ0n) is 14.8. The molecule has 0 radical (unpaired) electrons. The lowest BCUT2D eigenvalue weighted by molar-refractivity contribution is -0.136. The van der Waals surface area contributed by atoms with Gasteiger partial charge in [-0.25, -0.2) is 4.79 Å². The summed E-state index contributed by atoms with van der Waals surface area (Å²) in [5.41, 5.74) is 4.46. The van der Waals surface area contributed by atoms with Crippen LogP contribution in [-0.4, -0.2) is 30.7 Å². The molecule has 5 nitrogen and oxygen atoms in total. The third-order valence-electron chi connectivity index (χ3n) is 3.95. The Bertz CT molecular complexity index is 750. The number of anilines is 1. The molecular formula is C20H23NO4. The Morgan fingerprint density at radius 2 is 1.72 bits per heavy atom. The van der Waals surface area contributed by atoms with Crippen molar-refractivity contribution in [3.63, 3.8) is 0 Å². The van der Waals surface area contributed by atoms with Gasteiger partial charge in [0.1, 0.15) is 0 Å². The van der Waals surface area contributed by atoms with Crippen LogP contribution in [0.2, 0.25) is 0 Å². The van der Waals surface area contributed by atoms with E-state index in [4.69, 9.17) is 9.84 Å². The molecule has 5 heteroatoms. The first kappa shape index (κ1) is 18.5. The van der Waals surface area contributed by atoms with Crippen molar-refractivity contribution in [3.05, 3.63) is 64.7 Å². The molecule has 0 spiro atoms. The Labute approximate surface area is 147 Å². The van der Waals surface area contributed by atoms with Crippen molar-refractivity contribution in [2.24, 2.45) is 0 Å². The second-order valence-corrected chi connectivity index (χ2v) is 6.06. The minimum atomic E-state index is -0.851. The number of methoxy groups -OCH3 is 1. The normalized spacial score (nSPS) is 10.4. The summed E-state index contributed by atoms with van der Waals surface area (Å²) in [5, 5.41) is 9.06. The standard InChI is InChI=1S/C20H23NO4/c1-14-10-15(2)12-17(11-14)21(9-8-19(22)23)13-16-6-4-5-7-18(16)20(24)25-3/h4-7,10-12H,8-9,13H2,1-3H3,(H,22,23). The highest BCUT2D eigenvalue weighted by Gasteiger charge is 2.16. The monoisotopic (exact) mass is 341 g/mol. The smallest absolute Gasteiger partial charge is 0.338 e. The number of benzene rings is 2. The van der Waals surface area contributed by atoms with Gasteiger partial charge in [-0.15, -0.1) is 0 Å². The molecule has 1 N–H and O–H groups in total. The molecule has 0 unspecified atom stereocenters. The number of carboxylic acid groups (broad SMARTS) is 1. The van der Waals surface area contributed by atoms with Crippen LogP contribution in [0.5, 0.6) is 0 Å². The van der Waals surface area contributed by atoms with Crippen LogP contribution in [0.15, 0.2) is 42.5 Å². The second kappa shape index (κ2) is 8.33. The Balaban J connectivity index is 2.37. The van der Waals surface area contributed by atoms with Crippen LogP contribution in [0.1, 0.15) is 33.5 Å². The Morgan fingerprint density at radius 3 is 2.32 bits per heavy atom. The van der Waals surface area contributed by atoms with Gasteiger partial charge < -0.3 is 14.7 Å². The quantitative estimate of drug-likeness (QED) is 0.780. The van der Waals surface area contributed by atoms with Gasteiger partial charge in [0.25, 0.3) is 0 Å². The number of carbonyl (C=O) groups excluding carboxylic acids is 1. The van der Waals surface area contributed by atoms with E-state index < -0.39 is 11.9 Å². The van der Waals surface area contributed by atoms with E-state index in [2.05, 4.69) is 6.07 Å². The van der Waals surface area contributed by atoms with Gasteiger partial charge in [-0.3, -0.25) is 4.79 Å². The molecule has 2 rings (SSSR count). The van der Waals surface area contributed by atoms with Crippen molar-refractivity contribution in [1.29, 1.82) is 0 Å². The fraction of sp³-hybridized carbons (Fsp3) is 0.300. The molecule has 25 heavy (non-hydrogen) atoms. The maximum atomic E-state index is 12.0. The SMILES string of the molecule is COC(=O)c1ccccc1CN(CCC(=O)O)c1cc(C)cc(C)c1. The third kappa shape index (κ3) is 5.08. The predicted molar refractivity (Wildman–Crippen MR) is 97.0 cm³/mol. The van der Waals surface area contributed by atoms with E-state index in [0.29, 0.717) is 18.7 Å². The maximum Gasteiger partial charge on any atom is 0.338 e. The molecule has 2 aromatic rings. The van der Waals surface area contributed by atoms with Crippen molar-refractivity contribution in [1.82, 2.24) is 0 Å². The average molecular weight is 341 g/mol. The number of esters is 1. The highest BCUT2D eigenvalue weighted by atomic mass is 16.5. The van der Waals surface area contributed by atoms with Crippen LogP contribution in [0, 0.1) is 13.8 Å². The van der Waals surface area contributed by atoms with Crippen molar-refractivity contribution in [2.45, 2.75) is 26.8 Å². The van der Waals surface area contributed by atoms with Gasteiger partial charge >= 0.3 is 11.9 Å². The van der Waals surface area contributed by atoms with Crippen LogP contribution in [-0.2, 0) is 16.1 Å². The van der Waals surface area contributed by atoms with E-state index in [1.54, 1.807) is 12.1 Å². The summed E-state index contributed by atoms with van der Waals surface area (Å²) >= 11 is 0. The molecule has 0 fully saturated rings. The van der Waals surface area contributed by atoms with Crippen molar-refractivity contribution in [3.8, 4) is 0 Å². The number of carboxylic acids is 1. The number of carbonyl (C=O) groups is 2. The van der Waals surface area contributed by atoms with Gasteiger partial charge in [-0.2, -0.15) is 0 Å². The number of aliphatic carboxylic acids is 1. The van der Waals surface area contributed by atoms with E-state index in [-0.39, 0.29) is 6.42 Å². The fourth-order valence-corrected chi connectivity index (χ4v) is 2.84. The lowest BCUT2D eigenvalue weighted by Crippen LogP contribution is -2.27. The number of aryl methyl sites for hydroxylation is 2. The molecule has 2 aromatic carbocycles. The van der Waals surface area contributed by atoms with E-state index in [1.165, 1.54) is 7.11 Å². The number of nitrogens with zero attached hydrogens (tertiary/aromatic N) is 1. The van der Waals surface area contributed by atoms with Gasteiger partial charge in [0.15, 0.2) is 0 Å². The van der Waals surface area contributed by atoms with E-state index >= 15 is 0 Å². The fourth-order valence-electron chi connectivity index (χ4n) is 2.84. The van der Waals surface area contributed by atoms with E-state index in [0.717, 1.165) is 22.4 Å². The van der Waals surface area contributed by atoms with Gasteiger partial charge in [0.2, 0.25) is 0 Å². The molecular weight excluding hydrogens is 318 g/mol. The molecule has 0 aliphatic heterocycles. The summed E-state index contributed by atoms with van der Waals surface area (Å²) < 4.78 is 4.85. The lowest BCUT2D eigenvalue weighted by Gasteiger charge is -2.26. The molecule has 0 amide bonds. The molecule has 0 heterocycles. The maximum absolute atomic E-state index is 12.0. The van der Waals surface area contributed by atoms with Gasteiger partial charge in [-0.05, 0) is 48.7 Å². The van der Waals surface area contributed by atoms with Gasteiger partial charge in [0.05, 0.1) is 19.1 Å². The summed E-state index contributed by atoms with van der Waals surface area (Å²) in [5.74, 6) is -1.25. The summed E-state index contributed by atoms with van der Waals surface area (Å²) in [6.45, 7) is 4.80. The minimum absolute atomic E-state index is 0.0212. The zero-order chi connectivity index (χ0) is 18.4. The largest absolute Gasteiger partial charge is 0.481 e. The van der Waals surface area contributed by atoms with E-state index in [1.807, 2.05) is 43.0 Å². The Morgan fingerprint density at radius 1 is 1.08 bits per heavy atom. The lowest BCUT2D eigenvalue weighted by atomic mass is 10.1. The van der Waals surface area contributed by atoms with Crippen LogP contribution >= 0.6 is 0 Å². The van der Waals surface area contributed by atoms with Crippen molar-refractivity contribution < 1.29 is 19.4 Å². The van der Waals surface area contributed by atoms with Gasteiger partial charge in [-0.1, -0.05) is 24.3 Å². The van der Waals surface area contributed by atoms with Gasteiger partial charge in [0, 0.05) is 18.8 Å². The average Bonchev–Trinajstić information content (AvgIpc) is 2.57. The van der Waals surface area contributed by atoms with Crippen LogP contribution in [0.25, 0.3) is 0 Å². The predicted octanol–water partition coefficient (Wildman–Crippen LogP) is 3.57.